The third-order valence-electron chi connectivity index (χ3n) is 5.47. The molecule has 3 rings (SSSR count). The lowest BCUT2D eigenvalue weighted by Crippen LogP contribution is -2.67. The van der Waals surface area contributed by atoms with Crippen LogP contribution in [0.2, 0.25) is 0 Å². The predicted octanol–water partition coefficient (Wildman–Crippen LogP) is 0.858. The van der Waals surface area contributed by atoms with Gasteiger partial charge in [0.05, 0.1) is 17.7 Å². The van der Waals surface area contributed by atoms with Crippen LogP contribution in [0.5, 0.6) is 0 Å². The fraction of sp³-hybridized carbons (Fsp3) is 0.391. The molecule has 5 atom stereocenters. The Hall–Kier alpha value is -4.48. The van der Waals surface area contributed by atoms with Crippen LogP contribution in [-0.2, 0) is 53.4 Å². The van der Waals surface area contributed by atoms with Gasteiger partial charge in [0.25, 0.3) is 0 Å². The van der Waals surface area contributed by atoms with Crippen LogP contribution in [0.4, 0.5) is 15.8 Å². The van der Waals surface area contributed by atoms with E-state index in [9.17, 15) is 39.2 Å². The van der Waals surface area contributed by atoms with Crippen molar-refractivity contribution in [2.24, 2.45) is 0 Å². The highest BCUT2D eigenvalue weighted by molar-refractivity contribution is 7.18. The van der Waals surface area contributed by atoms with E-state index in [1.165, 1.54) is 24.3 Å². The molecule has 0 saturated carbocycles. The molecule has 1 N–H and O–H groups in total. The summed E-state index contributed by atoms with van der Waals surface area (Å²) < 4.78 is 26.3. The zero-order valence-electron chi connectivity index (χ0n) is 21.4. The number of benzene rings is 1. The zero-order chi connectivity index (χ0) is 29.8. The standard InChI is InChI=1S/C23H23N3O13S/c1-11(28)36-17-18(37-12(2)29)20(38-13(3)30)23(32,39-19(17)21(31)35-4)14-7-5-6-8-15(14)25(10-27)22-24-9-16(40-22)26(33)34/h5-10,17-20,32H,1-4H3/t17-,18-,19-,20+,23+/m0/s1. The van der Waals surface area contributed by atoms with Crippen LogP contribution in [0.3, 0.4) is 0 Å². The van der Waals surface area contributed by atoms with Crippen molar-refractivity contribution in [2.75, 3.05) is 12.0 Å². The van der Waals surface area contributed by atoms with E-state index in [-0.39, 0.29) is 22.8 Å². The first-order valence-electron chi connectivity index (χ1n) is 11.3. The van der Waals surface area contributed by atoms with Crippen LogP contribution >= 0.6 is 11.3 Å². The molecule has 214 valence electrons. The first-order valence-corrected chi connectivity index (χ1v) is 12.1. The van der Waals surface area contributed by atoms with E-state index in [1.54, 1.807) is 0 Å². The molecule has 1 amide bonds. The molecule has 0 unspecified atom stereocenters. The Morgan fingerprint density at radius 2 is 1.70 bits per heavy atom. The van der Waals surface area contributed by atoms with Gasteiger partial charge in [-0.2, -0.15) is 0 Å². The van der Waals surface area contributed by atoms with Gasteiger partial charge < -0.3 is 28.8 Å². The molecule has 2 heterocycles. The Balaban J connectivity index is 2.28. The summed E-state index contributed by atoms with van der Waals surface area (Å²) in [7, 11) is 0.978. The number of aliphatic hydroxyl groups is 1. The molecule has 1 aromatic carbocycles. The number of carbonyl (C=O) groups is 5. The van der Waals surface area contributed by atoms with E-state index in [0.717, 1.165) is 39.0 Å². The van der Waals surface area contributed by atoms with Crippen molar-refractivity contribution < 1.29 is 57.7 Å². The molecule has 0 bridgehead atoms. The highest BCUT2D eigenvalue weighted by Crippen LogP contribution is 2.45. The number of ether oxygens (including phenoxy) is 5. The lowest BCUT2D eigenvalue weighted by molar-refractivity contribution is -0.380. The number of anilines is 2. The van der Waals surface area contributed by atoms with Crippen LogP contribution in [0.1, 0.15) is 26.3 Å². The van der Waals surface area contributed by atoms with Gasteiger partial charge >= 0.3 is 28.9 Å². The lowest BCUT2D eigenvalue weighted by atomic mass is 9.86. The number of amides is 1. The Morgan fingerprint density at radius 3 is 2.23 bits per heavy atom. The van der Waals surface area contributed by atoms with Crippen LogP contribution in [0.25, 0.3) is 0 Å². The van der Waals surface area contributed by atoms with E-state index in [2.05, 4.69) is 4.98 Å². The minimum absolute atomic E-state index is 0.169. The van der Waals surface area contributed by atoms with Crippen molar-refractivity contribution >= 4 is 57.4 Å². The van der Waals surface area contributed by atoms with Gasteiger partial charge in [-0.25, -0.2) is 9.78 Å². The summed E-state index contributed by atoms with van der Waals surface area (Å²) >= 11 is 0.535. The number of carbonyl (C=O) groups excluding carboxylic acids is 5. The molecule has 17 heteroatoms. The Morgan fingerprint density at radius 1 is 1.10 bits per heavy atom. The number of hydrogen-bond donors (Lipinski definition) is 1. The van der Waals surface area contributed by atoms with E-state index in [4.69, 9.17) is 23.7 Å². The smallest absolute Gasteiger partial charge is 0.345 e. The SMILES string of the molecule is COC(=O)[C@H]1O[C@](O)(c2ccccc2N(C=O)c2ncc([N+](=O)[O-])s2)[C@H](OC(C)=O)[C@@H](OC(C)=O)[C@@H]1OC(C)=O. The Bertz CT molecular complexity index is 1330. The number of hydrogen-bond acceptors (Lipinski definition) is 15. The average molecular weight is 582 g/mol. The van der Waals surface area contributed by atoms with Crippen molar-refractivity contribution in [2.45, 2.75) is 51.0 Å². The number of aromatic nitrogens is 1. The number of nitrogens with zero attached hydrogens (tertiary/aromatic N) is 3. The first-order chi connectivity index (χ1) is 18.8. The molecule has 1 aliphatic rings. The van der Waals surface area contributed by atoms with Crippen molar-refractivity contribution in [1.82, 2.24) is 4.98 Å². The first kappa shape index (κ1) is 30.1. The summed E-state index contributed by atoms with van der Waals surface area (Å²) in [6, 6.07) is 5.36. The maximum absolute atomic E-state index is 12.8. The summed E-state index contributed by atoms with van der Waals surface area (Å²) in [5, 5.41) is 22.7. The van der Waals surface area contributed by atoms with E-state index in [0.29, 0.717) is 11.3 Å². The van der Waals surface area contributed by atoms with Crippen LogP contribution < -0.4 is 4.90 Å². The molecule has 16 nitrogen and oxygen atoms in total. The van der Waals surface area contributed by atoms with Crippen LogP contribution in [0.15, 0.2) is 30.5 Å². The molecule has 1 fully saturated rings. The molecular formula is C23H23N3O13S. The minimum Gasteiger partial charge on any atom is -0.467 e. The molecule has 1 aliphatic heterocycles. The highest BCUT2D eigenvalue weighted by atomic mass is 32.1. The Labute approximate surface area is 229 Å². The number of esters is 4. The topological polar surface area (TPSA) is 211 Å². The van der Waals surface area contributed by atoms with Gasteiger partial charge in [-0.1, -0.05) is 18.2 Å². The number of methoxy groups -OCH3 is 1. The minimum atomic E-state index is -2.87. The summed E-state index contributed by atoms with van der Waals surface area (Å²) in [4.78, 5) is 76.3. The van der Waals surface area contributed by atoms with Gasteiger partial charge in [-0.05, 0) is 17.4 Å². The second-order valence-electron chi connectivity index (χ2n) is 8.17. The number of nitro groups is 1. The fourth-order valence-electron chi connectivity index (χ4n) is 4.02. The molecule has 1 aromatic heterocycles. The zero-order valence-corrected chi connectivity index (χ0v) is 22.2. The predicted molar refractivity (Wildman–Crippen MR) is 131 cm³/mol. The largest absolute Gasteiger partial charge is 0.467 e. The molecule has 1 saturated heterocycles. The normalized spacial score (nSPS) is 23.8. The lowest BCUT2D eigenvalue weighted by Gasteiger charge is -2.48. The molecule has 0 spiro atoms. The van der Waals surface area contributed by atoms with Gasteiger partial charge in [-0.3, -0.25) is 34.2 Å². The van der Waals surface area contributed by atoms with Crippen LogP contribution in [0, 0.1) is 10.1 Å². The molecule has 2 aromatic rings. The van der Waals surface area contributed by atoms with Gasteiger partial charge in [0.2, 0.25) is 23.4 Å². The van der Waals surface area contributed by atoms with E-state index >= 15 is 0 Å². The van der Waals surface area contributed by atoms with Gasteiger partial charge in [-0.15, -0.1) is 0 Å². The monoisotopic (exact) mass is 581 g/mol. The summed E-state index contributed by atoms with van der Waals surface area (Å²) in [5.41, 5.74) is -0.490. The molecular weight excluding hydrogens is 558 g/mol. The van der Waals surface area contributed by atoms with Crippen molar-refractivity contribution in [3.05, 3.63) is 46.1 Å². The number of rotatable bonds is 9. The number of thiazole rings is 1. The quantitative estimate of drug-likeness (QED) is 0.143. The van der Waals surface area contributed by atoms with Gasteiger partial charge in [0.1, 0.15) is 6.20 Å². The summed E-state index contributed by atoms with van der Waals surface area (Å²) in [5.74, 6) is -6.94. The maximum atomic E-state index is 12.8. The molecule has 0 radical (unpaired) electrons. The van der Waals surface area contributed by atoms with Crippen molar-refractivity contribution in [3.8, 4) is 0 Å². The molecule has 40 heavy (non-hydrogen) atoms. The van der Waals surface area contributed by atoms with Gasteiger partial charge in [0.15, 0.2) is 18.3 Å². The number of para-hydroxylation sites is 1. The Kier molecular flexibility index (Phi) is 9.13. The second kappa shape index (κ2) is 12.1. The average Bonchev–Trinajstić information content (AvgIpc) is 3.37. The third kappa shape index (κ3) is 6.05. The van der Waals surface area contributed by atoms with E-state index < -0.39 is 64.0 Å². The summed E-state index contributed by atoms with van der Waals surface area (Å²) in [6.45, 7) is 2.94. The van der Waals surface area contributed by atoms with Crippen LogP contribution in [-0.4, -0.2) is 76.8 Å². The van der Waals surface area contributed by atoms with E-state index in [1.807, 2.05) is 0 Å². The third-order valence-corrected chi connectivity index (χ3v) is 6.41. The maximum Gasteiger partial charge on any atom is 0.345 e. The van der Waals surface area contributed by atoms with Crippen molar-refractivity contribution in [1.29, 1.82) is 0 Å². The molecule has 0 aliphatic carbocycles. The highest BCUT2D eigenvalue weighted by Gasteiger charge is 2.63. The summed E-state index contributed by atoms with van der Waals surface area (Å²) in [6.07, 6.45) is -6.34. The second-order valence-corrected chi connectivity index (χ2v) is 9.15. The van der Waals surface area contributed by atoms with Crippen molar-refractivity contribution in [3.63, 3.8) is 0 Å². The fourth-order valence-corrected chi connectivity index (χ4v) is 4.73. The van der Waals surface area contributed by atoms with Gasteiger partial charge in [0, 0.05) is 26.3 Å².